The molecule has 2 aromatic carbocycles. The van der Waals surface area contributed by atoms with E-state index in [0.717, 1.165) is 22.5 Å². The van der Waals surface area contributed by atoms with Crippen LogP contribution in [0.4, 0.5) is 0 Å². The highest BCUT2D eigenvalue weighted by Gasteiger charge is 2.25. The first-order chi connectivity index (χ1) is 14.5. The Balaban J connectivity index is 1.77. The summed E-state index contributed by atoms with van der Waals surface area (Å²) in [5.74, 6) is 1.24. The Labute approximate surface area is 176 Å². The third-order valence-electron chi connectivity index (χ3n) is 5.73. The minimum Gasteiger partial charge on any atom is -0.497 e. The molecule has 0 spiro atoms. The Kier molecular flexibility index (Phi) is 5.44. The van der Waals surface area contributed by atoms with Crippen LogP contribution in [0.1, 0.15) is 59.7 Å². The van der Waals surface area contributed by atoms with Crippen LogP contribution in [0.2, 0.25) is 0 Å². The lowest BCUT2D eigenvalue weighted by atomic mass is 9.88. The standard InChI is InChI=1S/C25H27N3O2/c1-16(2)28-14-13-26-25(28)23(29)15-21(18-9-11-19(30-4)12-10-18)24-17(3)20-7-5-6-8-22(20)27-24/h5-14,16,21,27H,15H2,1-4H3/t21-/m0/s1. The maximum Gasteiger partial charge on any atom is 0.199 e. The number of fused-ring (bicyclic) bond motifs is 1. The van der Waals surface area contributed by atoms with E-state index in [1.807, 2.05) is 47.2 Å². The normalized spacial score (nSPS) is 12.4. The van der Waals surface area contributed by atoms with Crippen LogP contribution in [0.15, 0.2) is 60.9 Å². The smallest absolute Gasteiger partial charge is 0.199 e. The number of imidazole rings is 1. The van der Waals surface area contributed by atoms with Gasteiger partial charge in [0.05, 0.1) is 7.11 Å². The number of aryl methyl sites for hydroxylation is 1. The van der Waals surface area contributed by atoms with Gasteiger partial charge in [-0.2, -0.15) is 0 Å². The third kappa shape index (κ3) is 3.63. The van der Waals surface area contributed by atoms with Crippen LogP contribution in [0.25, 0.3) is 10.9 Å². The molecular weight excluding hydrogens is 374 g/mol. The molecule has 4 aromatic rings. The maximum atomic E-state index is 13.3. The number of aromatic nitrogens is 3. The summed E-state index contributed by atoms with van der Waals surface area (Å²) in [6.45, 7) is 6.23. The number of Topliss-reactive ketones (excluding diaryl/α,β-unsaturated/α-hetero) is 1. The SMILES string of the molecule is COc1ccc([C@H](CC(=O)c2nccn2C(C)C)c2[nH]c3ccccc3c2C)cc1. The zero-order chi connectivity index (χ0) is 21.3. The number of ether oxygens (including phenoxy) is 1. The van der Waals surface area contributed by atoms with Crippen LogP contribution in [0.3, 0.4) is 0 Å². The van der Waals surface area contributed by atoms with Crippen LogP contribution in [0, 0.1) is 6.92 Å². The molecule has 2 heterocycles. The summed E-state index contributed by atoms with van der Waals surface area (Å²) in [4.78, 5) is 21.2. The summed E-state index contributed by atoms with van der Waals surface area (Å²) in [5, 5.41) is 1.18. The van der Waals surface area contributed by atoms with Gasteiger partial charge in [0.1, 0.15) is 5.75 Å². The van der Waals surface area contributed by atoms with E-state index < -0.39 is 0 Å². The van der Waals surface area contributed by atoms with Crippen molar-refractivity contribution < 1.29 is 9.53 Å². The lowest BCUT2D eigenvalue weighted by molar-refractivity contribution is 0.0961. The second-order valence-corrected chi connectivity index (χ2v) is 7.91. The van der Waals surface area contributed by atoms with Crippen LogP contribution in [-0.4, -0.2) is 27.4 Å². The fourth-order valence-electron chi connectivity index (χ4n) is 4.10. The van der Waals surface area contributed by atoms with Gasteiger partial charge in [-0.25, -0.2) is 4.98 Å². The van der Waals surface area contributed by atoms with Gasteiger partial charge in [0.15, 0.2) is 11.6 Å². The Morgan fingerprint density at radius 2 is 1.87 bits per heavy atom. The fourth-order valence-corrected chi connectivity index (χ4v) is 4.10. The van der Waals surface area contributed by atoms with Gasteiger partial charge < -0.3 is 14.3 Å². The summed E-state index contributed by atoms with van der Waals surface area (Å²) in [6.07, 6.45) is 3.90. The van der Waals surface area contributed by atoms with Gasteiger partial charge in [-0.3, -0.25) is 4.79 Å². The molecule has 5 heteroatoms. The molecule has 0 aliphatic rings. The van der Waals surface area contributed by atoms with Crippen LogP contribution < -0.4 is 4.74 Å². The zero-order valence-electron chi connectivity index (χ0n) is 17.8. The molecule has 0 saturated carbocycles. The molecule has 4 rings (SSSR count). The number of carbonyl (C=O) groups is 1. The topological polar surface area (TPSA) is 59.9 Å². The van der Waals surface area contributed by atoms with Gasteiger partial charge >= 0.3 is 0 Å². The van der Waals surface area contributed by atoms with Crippen molar-refractivity contribution in [3.8, 4) is 5.75 Å². The summed E-state index contributed by atoms with van der Waals surface area (Å²) >= 11 is 0. The number of methoxy groups -OCH3 is 1. The molecule has 1 atom stereocenters. The zero-order valence-corrected chi connectivity index (χ0v) is 17.8. The Hall–Kier alpha value is -3.34. The number of nitrogens with one attached hydrogen (secondary N) is 1. The van der Waals surface area contributed by atoms with Crippen LogP contribution in [-0.2, 0) is 0 Å². The summed E-state index contributed by atoms with van der Waals surface area (Å²) in [5.41, 5.74) is 4.39. The van der Waals surface area contributed by atoms with Crippen molar-refractivity contribution in [1.29, 1.82) is 0 Å². The van der Waals surface area contributed by atoms with Crippen molar-refractivity contribution in [3.05, 3.63) is 83.6 Å². The highest BCUT2D eigenvalue weighted by atomic mass is 16.5. The van der Waals surface area contributed by atoms with E-state index in [1.165, 1.54) is 10.9 Å². The van der Waals surface area contributed by atoms with Crippen molar-refractivity contribution in [1.82, 2.24) is 14.5 Å². The van der Waals surface area contributed by atoms with E-state index in [4.69, 9.17) is 4.74 Å². The van der Waals surface area contributed by atoms with Crippen LogP contribution >= 0.6 is 0 Å². The second kappa shape index (κ2) is 8.19. The number of hydrogen-bond donors (Lipinski definition) is 1. The summed E-state index contributed by atoms with van der Waals surface area (Å²) < 4.78 is 7.26. The number of rotatable bonds is 7. The molecular formula is C25H27N3O2. The molecule has 0 bridgehead atoms. The summed E-state index contributed by atoms with van der Waals surface area (Å²) in [7, 11) is 1.66. The van der Waals surface area contributed by atoms with Gasteiger partial charge in [0.2, 0.25) is 0 Å². The van der Waals surface area contributed by atoms with E-state index in [9.17, 15) is 4.79 Å². The molecule has 0 aliphatic carbocycles. The highest BCUT2D eigenvalue weighted by Crippen LogP contribution is 2.35. The predicted molar refractivity (Wildman–Crippen MR) is 119 cm³/mol. The first-order valence-electron chi connectivity index (χ1n) is 10.3. The van der Waals surface area contributed by atoms with Gasteiger partial charge in [-0.05, 0) is 50.1 Å². The molecule has 154 valence electrons. The number of ketones is 1. The predicted octanol–water partition coefficient (Wildman–Crippen LogP) is 5.67. The first-order valence-corrected chi connectivity index (χ1v) is 10.3. The van der Waals surface area contributed by atoms with Crippen LogP contribution in [0.5, 0.6) is 5.75 Å². The Bertz CT molecular complexity index is 1170. The van der Waals surface area contributed by atoms with E-state index >= 15 is 0 Å². The Morgan fingerprint density at radius 1 is 1.13 bits per heavy atom. The molecule has 1 N–H and O–H groups in total. The van der Waals surface area contributed by atoms with Gasteiger partial charge in [0.25, 0.3) is 0 Å². The van der Waals surface area contributed by atoms with Gasteiger partial charge in [-0.15, -0.1) is 0 Å². The number of hydrogen-bond acceptors (Lipinski definition) is 3. The molecule has 2 aromatic heterocycles. The van der Waals surface area contributed by atoms with Crippen molar-refractivity contribution in [2.45, 2.75) is 39.2 Å². The fraction of sp³-hybridized carbons (Fsp3) is 0.280. The van der Waals surface area contributed by atoms with Gasteiger partial charge in [-0.1, -0.05) is 30.3 Å². The number of H-pyrrole nitrogens is 1. The first kappa shape index (κ1) is 20.0. The van der Waals surface area contributed by atoms with Crippen molar-refractivity contribution in [3.63, 3.8) is 0 Å². The molecule has 0 saturated heterocycles. The monoisotopic (exact) mass is 401 g/mol. The molecule has 30 heavy (non-hydrogen) atoms. The third-order valence-corrected chi connectivity index (χ3v) is 5.73. The van der Waals surface area contributed by atoms with E-state index in [1.54, 1.807) is 13.3 Å². The second-order valence-electron chi connectivity index (χ2n) is 7.91. The quantitative estimate of drug-likeness (QED) is 0.406. The van der Waals surface area contributed by atoms with E-state index in [0.29, 0.717) is 12.2 Å². The molecule has 0 radical (unpaired) electrons. The lowest BCUT2D eigenvalue weighted by Crippen LogP contribution is -2.16. The van der Waals surface area contributed by atoms with Gasteiger partial charge in [0, 0.05) is 47.4 Å². The van der Waals surface area contributed by atoms with Crippen molar-refractivity contribution in [2.75, 3.05) is 7.11 Å². The average Bonchev–Trinajstić information content (AvgIpc) is 3.38. The van der Waals surface area contributed by atoms with E-state index in [-0.39, 0.29) is 17.7 Å². The Morgan fingerprint density at radius 3 is 2.53 bits per heavy atom. The number of nitrogens with zero attached hydrogens (tertiary/aromatic N) is 2. The van der Waals surface area contributed by atoms with E-state index in [2.05, 4.69) is 42.9 Å². The minimum atomic E-state index is -0.104. The number of aromatic amines is 1. The number of carbonyl (C=O) groups excluding carboxylic acids is 1. The summed E-state index contributed by atoms with van der Waals surface area (Å²) in [6, 6.07) is 16.4. The molecule has 0 unspecified atom stereocenters. The molecule has 0 amide bonds. The van der Waals surface area contributed by atoms with Crippen molar-refractivity contribution in [2.24, 2.45) is 0 Å². The highest BCUT2D eigenvalue weighted by molar-refractivity contribution is 5.94. The molecule has 5 nitrogen and oxygen atoms in total. The average molecular weight is 402 g/mol. The number of para-hydroxylation sites is 1. The molecule has 0 aliphatic heterocycles. The molecule has 0 fully saturated rings. The minimum absolute atomic E-state index is 0.0348. The largest absolute Gasteiger partial charge is 0.497 e. The van der Waals surface area contributed by atoms with Crippen molar-refractivity contribution >= 4 is 16.7 Å². The number of benzene rings is 2. The lowest BCUT2D eigenvalue weighted by Gasteiger charge is -2.18. The maximum absolute atomic E-state index is 13.3.